The van der Waals surface area contributed by atoms with Crippen LogP contribution in [-0.4, -0.2) is 68.6 Å². The normalized spacial score (nSPS) is 14.3. The van der Waals surface area contributed by atoms with Gasteiger partial charge in [-0.15, -0.1) is 0 Å². The summed E-state index contributed by atoms with van der Waals surface area (Å²) in [5.41, 5.74) is 2.54. The van der Waals surface area contributed by atoms with Crippen LogP contribution in [0.2, 0.25) is 0 Å². The third kappa shape index (κ3) is 5.30. The van der Waals surface area contributed by atoms with Gasteiger partial charge >= 0.3 is 0 Å². The molecule has 1 aliphatic heterocycles. The molecule has 160 valence electrons. The molecular formula is C23H29N3O4. The highest BCUT2D eigenvalue weighted by Gasteiger charge is 2.23. The minimum atomic E-state index is -0.117. The Morgan fingerprint density at radius 1 is 0.967 bits per heavy atom. The number of hydrogen-bond acceptors (Lipinski definition) is 5. The highest BCUT2D eigenvalue weighted by Crippen LogP contribution is 2.29. The number of amides is 2. The number of ether oxygens (including phenoxy) is 2. The number of anilines is 1. The molecule has 2 aromatic rings. The summed E-state index contributed by atoms with van der Waals surface area (Å²) in [5, 5.41) is 2.89. The number of piperazine rings is 1. The van der Waals surface area contributed by atoms with Crippen molar-refractivity contribution in [1.82, 2.24) is 9.80 Å². The fourth-order valence-corrected chi connectivity index (χ4v) is 3.47. The largest absolute Gasteiger partial charge is 0.497 e. The molecule has 0 spiro atoms. The molecule has 3 rings (SSSR count). The molecule has 1 saturated heterocycles. The number of methoxy groups -OCH3 is 2. The summed E-state index contributed by atoms with van der Waals surface area (Å²) in [6, 6.07) is 13.0. The van der Waals surface area contributed by atoms with E-state index in [9.17, 15) is 9.59 Å². The number of rotatable bonds is 7. The van der Waals surface area contributed by atoms with Crippen molar-refractivity contribution in [3.8, 4) is 11.5 Å². The second-order valence-corrected chi connectivity index (χ2v) is 7.23. The molecule has 7 heteroatoms. The number of benzene rings is 2. The van der Waals surface area contributed by atoms with Gasteiger partial charge in [0.2, 0.25) is 5.91 Å². The SMILES string of the molecule is CCc1ccc(C(=O)N2CCN(CC(=O)Nc3ccc(OC)cc3OC)CC2)cc1. The van der Waals surface area contributed by atoms with E-state index >= 15 is 0 Å². The molecule has 30 heavy (non-hydrogen) atoms. The number of carbonyl (C=O) groups excluding carboxylic acids is 2. The maximum atomic E-state index is 12.7. The van der Waals surface area contributed by atoms with Crippen molar-refractivity contribution in [3.63, 3.8) is 0 Å². The van der Waals surface area contributed by atoms with E-state index in [1.54, 1.807) is 32.4 Å². The lowest BCUT2D eigenvalue weighted by atomic mass is 10.1. The number of aryl methyl sites for hydroxylation is 1. The molecule has 0 aliphatic carbocycles. The predicted molar refractivity (Wildman–Crippen MR) is 116 cm³/mol. The molecule has 7 nitrogen and oxygen atoms in total. The van der Waals surface area contributed by atoms with Crippen molar-refractivity contribution in [2.24, 2.45) is 0 Å². The molecule has 0 unspecified atom stereocenters. The van der Waals surface area contributed by atoms with Crippen molar-refractivity contribution >= 4 is 17.5 Å². The van der Waals surface area contributed by atoms with Crippen LogP contribution < -0.4 is 14.8 Å². The summed E-state index contributed by atoms with van der Waals surface area (Å²) in [4.78, 5) is 29.1. The fourth-order valence-electron chi connectivity index (χ4n) is 3.47. The molecule has 0 atom stereocenters. The van der Waals surface area contributed by atoms with Gasteiger partial charge in [0.05, 0.1) is 26.5 Å². The third-order valence-corrected chi connectivity index (χ3v) is 5.32. The molecule has 2 amide bonds. The Labute approximate surface area is 177 Å². The number of nitrogens with one attached hydrogen (secondary N) is 1. The summed E-state index contributed by atoms with van der Waals surface area (Å²) < 4.78 is 10.5. The van der Waals surface area contributed by atoms with E-state index in [-0.39, 0.29) is 18.4 Å². The van der Waals surface area contributed by atoms with Crippen molar-refractivity contribution in [3.05, 3.63) is 53.6 Å². The topological polar surface area (TPSA) is 71.1 Å². The van der Waals surface area contributed by atoms with Crippen LogP contribution in [0.4, 0.5) is 5.69 Å². The molecule has 1 aliphatic rings. The predicted octanol–water partition coefficient (Wildman–Crippen LogP) is 2.66. The summed E-state index contributed by atoms with van der Waals surface area (Å²) in [7, 11) is 3.13. The van der Waals surface area contributed by atoms with Crippen molar-refractivity contribution in [2.75, 3.05) is 52.3 Å². The van der Waals surface area contributed by atoms with E-state index in [0.29, 0.717) is 48.9 Å². The van der Waals surface area contributed by atoms with E-state index < -0.39 is 0 Å². The van der Waals surface area contributed by atoms with Crippen molar-refractivity contribution in [2.45, 2.75) is 13.3 Å². The first-order chi connectivity index (χ1) is 14.5. The Kier molecular flexibility index (Phi) is 7.30. The fraction of sp³-hybridized carbons (Fsp3) is 0.391. The van der Waals surface area contributed by atoms with Gasteiger partial charge in [-0.05, 0) is 36.2 Å². The molecule has 1 heterocycles. The summed E-state index contributed by atoms with van der Waals surface area (Å²) in [5.74, 6) is 1.14. The van der Waals surface area contributed by atoms with Crippen molar-refractivity contribution in [1.29, 1.82) is 0 Å². The second kappa shape index (κ2) is 10.1. The van der Waals surface area contributed by atoms with E-state index in [1.807, 2.05) is 29.2 Å². The van der Waals surface area contributed by atoms with Crippen molar-refractivity contribution < 1.29 is 19.1 Å². The lowest BCUT2D eigenvalue weighted by molar-refractivity contribution is -0.117. The Bertz CT molecular complexity index is 875. The highest BCUT2D eigenvalue weighted by molar-refractivity contribution is 5.95. The monoisotopic (exact) mass is 411 g/mol. The minimum absolute atomic E-state index is 0.0460. The van der Waals surface area contributed by atoms with Crippen LogP contribution in [0.5, 0.6) is 11.5 Å². The molecule has 0 bridgehead atoms. The summed E-state index contributed by atoms with van der Waals surface area (Å²) in [6.07, 6.45) is 0.956. The highest BCUT2D eigenvalue weighted by atomic mass is 16.5. The Morgan fingerprint density at radius 2 is 1.67 bits per heavy atom. The van der Waals surface area contributed by atoms with Crippen LogP contribution >= 0.6 is 0 Å². The number of hydrogen-bond donors (Lipinski definition) is 1. The molecule has 0 saturated carbocycles. The van der Waals surface area contributed by atoms with Crippen LogP contribution in [0.25, 0.3) is 0 Å². The standard InChI is InChI=1S/C23H29N3O4/c1-4-17-5-7-18(8-6-17)23(28)26-13-11-25(12-14-26)16-22(27)24-20-10-9-19(29-2)15-21(20)30-3/h5-10,15H,4,11-14,16H2,1-3H3,(H,24,27). The van der Waals surface area contributed by atoms with Crippen LogP contribution in [0.1, 0.15) is 22.8 Å². The smallest absolute Gasteiger partial charge is 0.253 e. The van der Waals surface area contributed by atoms with Gasteiger partial charge in [-0.25, -0.2) is 0 Å². The zero-order chi connectivity index (χ0) is 21.5. The molecule has 1 N–H and O–H groups in total. The van der Waals surface area contributed by atoms with Crippen LogP contribution in [0.15, 0.2) is 42.5 Å². The molecule has 2 aromatic carbocycles. The van der Waals surface area contributed by atoms with Crippen LogP contribution in [0, 0.1) is 0 Å². The van der Waals surface area contributed by atoms with Gasteiger partial charge in [0, 0.05) is 37.8 Å². The lowest BCUT2D eigenvalue weighted by Gasteiger charge is -2.34. The Morgan fingerprint density at radius 3 is 2.27 bits per heavy atom. The third-order valence-electron chi connectivity index (χ3n) is 5.32. The van der Waals surface area contributed by atoms with Crippen LogP contribution in [-0.2, 0) is 11.2 Å². The quantitative estimate of drug-likeness (QED) is 0.759. The zero-order valence-corrected chi connectivity index (χ0v) is 17.8. The van der Waals surface area contributed by atoms with Gasteiger partial charge in [0.25, 0.3) is 5.91 Å². The Hall–Kier alpha value is -3.06. The first kappa shape index (κ1) is 21.6. The first-order valence-electron chi connectivity index (χ1n) is 10.2. The average Bonchev–Trinajstić information content (AvgIpc) is 2.79. The van der Waals surface area contributed by atoms with Crippen LogP contribution in [0.3, 0.4) is 0 Å². The minimum Gasteiger partial charge on any atom is -0.497 e. The second-order valence-electron chi connectivity index (χ2n) is 7.23. The van der Waals surface area contributed by atoms with E-state index in [4.69, 9.17) is 9.47 Å². The van der Waals surface area contributed by atoms with Gasteiger partial charge < -0.3 is 19.7 Å². The van der Waals surface area contributed by atoms with Gasteiger partial charge in [-0.2, -0.15) is 0 Å². The van der Waals surface area contributed by atoms with Gasteiger partial charge in [0.1, 0.15) is 11.5 Å². The molecule has 1 fully saturated rings. The average molecular weight is 412 g/mol. The van der Waals surface area contributed by atoms with Gasteiger partial charge in [-0.1, -0.05) is 19.1 Å². The molecular weight excluding hydrogens is 382 g/mol. The maximum absolute atomic E-state index is 12.7. The van der Waals surface area contributed by atoms with E-state index in [1.165, 1.54) is 5.56 Å². The first-order valence-corrected chi connectivity index (χ1v) is 10.2. The summed E-state index contributed by atoms with van der Waals surface area (Å²) in [6.45, 7) is 4.89. The number of carbonyl (C=O) groups is 2. The van der Waals surface area contributed by atoms with E-state index in [2.05, 4.69) is 17.1 Å². The molecule has 0 aromatic heterocycles. The maximum Gasteiger partial charge on any atom is 0.253 e. The van der Waals surface area contributed by atoms with E-state index in [0.717, 1.165) is 6.42 Å². The summed E-state index contributed by atoms with van der Waals surface area (Å²) >= 11 is 0. The lowest BCUT2D eigenvalue weighted by Crippen LogP contribution is -2.50. The van der Waals surface area contributed by atoms with Gasteiger partial charge in [0.15, 0.2) is 0 Å². The zero-order valence-electron chi connectivity index (χ0n) is 17.8. The molecule has 0 radical (unpaired) electrons. The Balaban J connectivity index is 1.50. The number of nitrogens with zero attached hydrogens (tertiary/aromatic N) is 2. The van der Waals surface area contributed by atoms with Gasteiger partial charge in [-0.3, -0.25) is 14.5 Å².